The van der Waals surface area contributed by atoms with Crippen molar-refractivity contribution in [1.82, 2.24) is 9.55 Å². The van der Waals surface area contributed by atoms with Crippen LogP contribution in [0.4, 0.5) is 17.1 Å². The second-order valence-electron chi connectivity index (χ2n) is 15.5. The normalized spacial score (nSPS) is 12.0. The van der Waals surface area contributed by atoms with Crippen molar-refractivity contribution in [3.8, 4) is 16.9 Å². The molecule has 0 fully saturated rings. The van der Waals surface area contributed by atoms with E-state index in [1.165, 1.54) is 67.5 Å². The molecule has 0 spiro atoms. The summed E-state index contributed by atoms with van der Waals surface area (Å²) >= 11 is 3.72. The van der Waals surface area contributed by atoms with Gasteiger partial charge in [-0.1, -0.05) is 121 Å². The van der Waals surface area contributed by atoms with Gasteiger partial charge in [-0.2, -0.15) is 0 Å². The number of aromatic nitrogens is 2. The number of para-hydroxylation sites is 3. The fraction of sp³-hybridized carbons (Fsp3) is 0. The lowest BCUT2D eigenvalue weighted by Gasteiger charge is -2.26. The maximum Gasteiger partial charge on any atom is 0.0788 e. The van der Waals surface area contributed by atoms with Crippen molar-refractivity contribution >= 4 is 124 Å². The van der Waals surface area contributed by atoms with Crippen LogP contribution < -0.4 is 4.90 Å². The Morgan fingerprint density at radius 2 is 0.900 bits per heavy atom. The highest BCUT2D eigenvalue weighted by Gasteiger charge is 2.21. The van der Waals surface area contributed by atoms with Gasteiger partial charge in [-0.15, -0.1) is 22.7 Å². The molecule has 0 bridgehead atoms. The summed E-state index contributed by atoms with van der Waals surface area (Å²) in [6.07, 6.45) is 0. The number of anilines is 3. The number of nitrogens with zero attached hydrogens (tertiary/aromatic N) is 3. The van der Waals surface area contributed by atoms with Crippen molar-refractivity contribution in [2.45, 2.75) is 0 Å². The number of hydrogen-bond acceptors (Lipinski definition) is 4. The zero-order valence-corrected chi connectivity index (χ0v) is 33.8. The minimum Gasteiger partial charge on any atom is -0.310 e. The average Bonchev–Trinajstić information content (AvgIpc) is 3.98. The molecule has 0 aliphatic rings. The van der Waals surface area contributed by atoms with Gasteiger partial charge < -0.3 is 9.47 Å². The molecule has 0 aliphatic carbocycles. The quantitative estimate of drug-likeness (QED) is 0.162. The van der Waals surface area contributed by atoms with Crippen LogP contribution in [0.2, 0.25) is 0 Å². The molecule has 0 N–H and O–H groups in total. The van der Waals surface area contributed by atoms with Crippen molar-refractivity contribution in [2.75, 3.05) is 4.90 Å². The van der Waals surface area contributed by atoms with E-state index >= 15 is 0 Å². The molecule has 9 aromatic carbocycles. The van der Waals surface area contributed by atoms with Gasteiger partial charge >= 0.3 is 0 Å². The SMILES string of the molecule is c1ccc(-n2c3ccccc3c3c4c(ccc32)c(-c2ccc(N(c3ccc5c(c3)sc3ccccc35)c3ccc5c(c3)sc3ccccc35)cc2)nc2ccccc24)cc1. The Morgan fingerprint density at radius 3 is 1.58 bits per heavy atom. The van der Waals surface area contributed by atoms with Crippen LogP contribution in [0.15, 0.2) is 200 Å². The third kappa shape index (κ3) is 5.03. The number of fused-ring (bicyclic) bond motifs is 13. The minimum atomic E-state index is 0.985. The number of hydrogen-bond donors (Lipinski definition) is 0. The van der Waals surface area contributed by atoms with Crippen LogP contribution in [-0.4, -0.2) is 9.55 Å². The molecule has 0 aliphatic heterocycles. The van der Waals surface area contributed by atoms with Crippen molar-refractivity contribution in [3.63, 3.8) is 0 Å². The van der Waals surface area contributed by atoms with Gasteiger partial charge in [0, 0.05) is 95.6 Å². The molecule has 0 saturated heterocycles. The highest BCUT2D eigenvalue weighted by atomic mass is 32.1. The van der Waals surface area contributed by atoms with Crippen molar-refractivity contribution in [1.29, 1.82) is 0 Å². The Morgan fingerprint density at radius 1 is 0.367 bits per heavy atom. The molecular weight excluding hydrogens is 767 g/mol. The summed E-state index contributed by atoms with van der Waals surface area (Å²) in [5, 5.41) is 11.2. The number of rotatable bonds is 5. The lowest BCUT2D eigenvalue weighted by Crippen LogP contribution is -2.09. The highest BCUT2D eigenvalue weighted by Crippen LogP contribution is 2.45. The average molecular weight is 800 g/mol. The zero-order valence-electron chi connectivity index (χ0n) is 32.2. The predicted octanol–water partition coefficient (Wildman–Crippen LogP) is 16.4. The molecular formula is C55H33N3S2. The first-order chi connectivity index (χ1) is 29.7. The van der Waals surface area contributed by atoms with E-state index in [1.807, 2.05) is 22.7 Å². The number of benzene rings is 9. The van der Waals surface area contributed by atoms with E-state index in [0.29, 0.717) is 0 Å². The molecule has 3 nitrogen and oxygen atoms in total. The summed E-state index contributed by atoms with van der Waals surface area (Å²) in [4.78, 5) is 7.82. The summed E-state index contributed by atoms with van der Waals surface area (Å²) in [5.41, 5.74) is 9.96. The molecule has 60 heavy (non-hydrogen) atoms. The van der Waals surface area contributed by atoms with Gasteiger partial charge in [0.25, 0.3) is 0 Å². The zero-order chi connectivity index (χ0) is 39.3. The van der Waals surface area contributed by atoms with Crippen LogP contribution in [-0.2, 0) is 0 Å². The topological polar surface area (TPSA) is 21.1 Å². The van der Waals surface area contributed by atoms with E-state index < -0.39 is 0 Å². The second-order valence-corrected chi connectivity index (χ2v) is 17.7. The summed E-state index contributed by atoms with van der Waals surface area (Å²) in [6, 6.07) is 73.0. The first-order valence-electron chi connectivity index (χ1n) is 20.3. The smallest absolute Gasteiger partial charge is 0.0788 e. The van der Waals surface area contributed by atoms with Gasteiger partial charge in [0.2, 0.25) is 0 Å². The highest BCUT2D eigenvalue weighted by molar-refractivity contribution is 7.26. The third-order valence-electron chi connectivity index (χ3n) is 12.2. The van der Waals surface area contributed by atoms with Crippen LogP contribution in [0.3, 0.4) is 0 Å². The van der Waals surface area contributed by atoms with Crippen LogP contribution in [0, 0.1) is 0 Å². The Balaban J connectivity index is 1.01. The van der Waals surface area contributed by atoms with Crippen LogP contribution in [0.1, 0.15) is 0 Å². The van der Waals surface area contributed by atoms with E-state index in [4.69, 9.17) is 4.98 Å². The Hall–Kier alpha value is -7.31. The van der Waals surface area contributed by atoms with Crippen molar-refractivity contribution in [2.24, 2.45) is 0 Å². The van der Waals surface area contributed by atoms with Crippen LogP contribution in [0.25, 0.3) is 101 Å². The van der Waals surface area contributed by atoms with E-state index in [-0.39, 0.29) is 0 Å². The van der Waals surface area contributed by atoms with Gasteiger partial charge in [-0.05, 0) is 78.9 Å². The van der Waals surface area contributed by atoms with E-state index in [0.717, 1.165) is 50.3 Å². The van der Waals surface area contributed by atoms with E-state index in [9.17, 15) is 0 Å². The minimum absolute atomic E-state index is 0.985. The van der Waals surface area contributed by atoms with E-state index in [2.05, 4.69) is 210 Å². The van der Waals surface area contributed by atoms with Gasteiger partial charge in [-0.3, -0.25) is 0 Å². The third-order valence-corrected chi connectivity index (χ3v) is 14.4. The largest absolute Gasteiger partial charge is 0.310 e. The molecule has 4 heterocycles. The Labute approximate surface area is 353 Å². The summed E-state index contributed by atoms with van der Waals surface area (Å²) in [6.45, 7) is 0. The number of thiophene rings is 2. The van der Waals surface area contributed by atoms with Crippen molar-refractivity contribution < 1.29 is 0 Å². The molecule has 0 unspecified atom stereocenters. The Bertz CT molecular complexity index is 3720. The van der Waals surface area contributed by atoms with Gasteiger partial charge in [0.15, 0.2) is 0 Å². The van der Waals surface area contributed by atoms with Gasteiger partial charge in [0.05, 0.1) is 22.2 Å². The molecule has 5 heteroatoms. The second kappa shape index (κ2) is 13.1. The Kier molecular flexibility index (Phi) is 7.35. The molecule has 13 aromatic rings. The number of pyridine rings is 1. The van der Waals surface area contributed by atoms with Crippen molar-refractivity contribution in [3.05, 3.63) is 200 Å². The van der Waals surface area contributed by atoms with E-state index in [1.54, 1.807) is 0 Å². The summed E-state index contributed by atoms with van der Waals surface area (Å²) in [5.74, 6) is 0. The fourth-order valence-corrected chi connectivity index (χ4v) is 11.8. The van der Waals surface area contributed by atoms with Gasteiger partial charge in [-0.25, -0.2) is 4.98 Å². The molecule has 4 aromatic heterocycles. The van der Waals surface area contributed by atoms with Crippen LogP contribution in [0.5, 0.6) is 0 Å². The maximum absolute atomic E-state index is 5.41. The maximum atomic E-state index is 5.41. The first kappa shape index (κ1) is 33.6. The summed E-state index contributed by atoms with van der Waals surface area (Å²) < 4.78 is 7.58. The molecule has 280 valence electrons. The fourth-order valence-electron chi connectivity index (χ4n) is 9.50. The molecule has 0 atom stereocenters. The van der Waals surface area contributed by atoms with Gasteiger partial charge in [0.1, 0.15) is 0 Å². The molecule has 0 amide bonds. The lowest BCUT2D eigenvalue weighted by atomic mass is 9.96. The molecule has 0 saturated carbocycles. The van der Waals surface area contributed by atoms with Crippen LogP contribution >= 0.6 is 22.7 Å². The monoisotopic (exact) mass is 799 g/mol. The first-order valence-corrected chi connectivity index (χ1v) is 21.9. The summed E-state index contributed by atoms with van der Waals surface area (Å²) in [7, 11) is 0. The predicted molar refractivity (Wildman–Crippen MR) is 259 cm³/mol. The molecule has 13 rings (SSSR count). The molecule has 0 radical (unpaired) electrons. The lowest BCUT2D eigenvalue weighted by molar-refractivity contribution is 1.18. The standard InChI is InChI=1S/C55H33N3S2/c1-2-12-35(13-3-1)58-47-19-9-5-17-44(47)54-48(58)31-30-45-53(54)43-16-4-8-18-46(43)56-55(45)34-22-24-36(25-23-34)57(37-26-28-41-39-14-6-10-20-49(39)59-51(41)32-37)38-27-29-42-40-15-7-11-21-50(40)60-52(42)33-38/h1-33H.